The number of esters is 2. The number of hydrogen-bond donors (Lipinski definition) is 1. The molecule has 1 saturated carbocycles. The van der Waals surface area contributed by atoms with Gasteiger partial charge in [0.1, 0.15) is 5.82 Å². The number of methoxy groups -OCH3 is 2. The number of amides is 1. The second kappa shape index (κ2) is 9.75. The van der Waals surface area contributed by atoms with Gasteiger partial charge in [0.25, 0.3) is 0 Å². The van der Waals surface area contributed by atoms with Crippen molar-refractivity contribution in [3.63, 3.8) is 0 Å². The molecule has 1 aromatic heterocycles. The Morgan fingerprint density at radius 1 is 1.10 bits per heavy atom. The van der Waals surface area contributed by atoms with Crippen LogP contribution in [0.3, 0.4) is 0 Å². The summed E-state index contributed by atoms with van der Waals surface area (Å²) in [5.74, 6) is 0.0506. The van der Waals surface area contributed by atoms with Crippen molar-refractivity contribution < 1.29 is 23.9 Å². The van der Waals surface area contributed by atoms with Gasteiger partial charge in [0.2, 0.25) is 5.91 Å². The van der Waals surface area contributed by atoms with Crippen molar-refractivity contribution in [2.75, 3.05) is 25.3 Å². The summed E-state index contributed by atoms with van der Waals surface area (Å²) in [4.78, 5) is 36.2. The molecule has 1 fully saturated rings. The standard InChI is InChI=1S/C20H24N4O5S/c1-4-7-24-17(12-5-6-12)22-23-20(24)30-11-16(25)21-15-9-13(18(26)28-2)8-14(10-15)19(27)29-3/h8-10,12H,4-7,11H2,1-3H3,(H,21,25). The summed E-state index contributed by atoms with van der Waals surface area (Å²) in [5, 5.41) is 12.0. The van der Waals surface area contributed by atoms with Crippen molar-refractivity contribution in [1.29, 1.82) is 0 Å². The van der Waals surface area contributed by atoms with Gasteiger partial charge >= 0.3 is 11.9 Å². The van der Waals surface area contributed by atoms with Crippen LogP contribution < -0.4 is 5.32 Å². The lowest BCUT2D eigenvalue weighted by molar-refractivity contribution is -0.113. The number of rotatable bonds is 9. The number of nitrogens with one attached hydrogen (secondary N) is 1. The monoisotopic (exact) mass is 432 g/mol. The smallest absolute Gasteiger partial charge is 0.337 e. The quantitative estimate of drug-likeness (QED) is 0.475. The second-order valence-electron chi connectivity index (χ2n) is 6.89. The van der Waals surface area contributed by atoms with E-state index >= 15 is 0 Å². The van der Waals surface area contributed by atoms with E-state index in [2.05, 4.69) is 27.0 Å². The molecule has 0 radical (unpaired) electrons. The van der Waals surface area contributed by atoms with E-state index in [9.17, 15) is 14.4 Å². The van der Waals surface area contributed by atoms with Crippen LogP contribution in [-0.4, -0.2) is 52.6 Å². The molecule has 3 rings (SSSR count). The van der Waals surface area contributed by atoms with E-state index < -0.39 is 11.9 Å². The SMILES string of the molecule is CCCn1c(SCC(=O)Nc2cc(C(=O)OC)cc(C(=O)OC)c2)nnc1C1CC1. The highest BCUT2D eigenvalue weighted by Gasteiger charge is 2.30. The highest BCUT2D eigenvalue weighted by molar-refractivity contribution is 7.99. The van der Waals surface area contributed by atoms with Crippen LogP contribution in [0.4, 0.5) is 5.69 Å². The molecule has 1 N–H and O–H groups in total. The average molecular weight is 433 g/mol. The first-order valence-corrected chi connectivity index (χ1v) is 10.6. The number of thioether (sulfide) groups is 1. The van der Waals surface area contributed by atoms with Gasteiger partial charge < -0.3 is 19.4 Å². The minimum atomic E-state index is -0.620. The lowest BCUT2D eigenvalue weighted by Crippen LogP contribution is -2.16. The molecule has 10 heteroatoms. The number of carbonyl (C=O) groups is 3. The molecule has 0 spiro atoms. The van der Waals surface area contributed by atoms with E-state index in [4.69, 9.17) is 9.47 Å². The molecular weight excluding hydrogens is 408 g/mol. The molecule has 0 saturated heterocycles. The third-order valence-electron chi connectivity index (χ3n) is 4.53. The van der Waals surface area contributed by atoms with E-state index in [1.807, 2.05) is 0 Å². The third-order valence-corrected chi connectivity index (χ3v) is 5.49. The lowest BCUT2D eigenvalue weighted by atomic mass is 10.1. The fourth-order valence-corrected chi connectivity index (χ4v) is 3.75. The number of anilines is 1. The van der Waals surface area contributed by atoms with Gasteiger partial charge in [-0.2, -0.15) is 0 Å². The van der Waals surface area contributed by atoms with Gasteiger partial charge in [0.05, 0.1) is 31.1 Å². The summed E-state index contributed by atoms with van der Waals surface area (Å²) < 4.78 is 11.5. The summed E-state index contributed by atoms with van der Waals surface area (Å²) in [6.45, 7) is 2.90. The van der Waals surface area contributed by atoms with Crippen LogP contribution in [-0.2, 0) is 20.8 Å². The Labute approximate surface area is 178 Å². The van der Waals surface area contributed by atoms with Gasteiger partial charge in [0, 0.05) is 18.2 Å². The first-order valence-electron chi connectivity index (χ1n) is 9.64. The Balaban J connectivity index is 1.70. The second-order valence-corrected chi connectivity index (χ2v) is 7.83. The van der Waals surface area contributed by atoms with Crippen molar-refractivity contribution in [3.8, 4) is 0 Å². The fourth-order valence-electron chi connectivity index (χ4n) is 2.98. The molecule has 1 aromatic carbocycles. The maximum atomic E-state index is 12.5. The minimum Gasteiger partial charge on any atom is -0.465 e. The Bertz CT molecular complexity index is 920. The zero-order chi connectivity index (χ0) is 21.7. The number of ether oxygens (including phenoxy) is 2. The number of benzene rings is 1. The third kappa shape index (κ3) is 5.18. The van der Waals surface area contributed by atoms with Crippen molar-refractivity contribution in [3.05, 3.63) is 35.2 Å². The fraction of sp³-hybridized carbons (Fsp3) is 0.450. The summed E-state index contributed by atoms with van der Waals surface area (Å²) >= 11 is 1.30. The van der Waals surface area contributed by atoms with Gasteiger partial charge in [-0.3, -0.25) is 4.79 Å². The summed E-state index contributed by atoms with van der Waals surface area (Å²) in [6, 6.07) is 4.26. The lowest BCUT2D eigenvalue weighted by Gasteiger charge is -2.10. The highest BCUT2D eigenvalue weighted by atomic mass is 32.2. The molecule has 30 heavy (non-hydrogen) atoms. The Morgan fingerprint density at radius 3 is 2.27 bits per heavy atom. The van der Waals surface area contributed by atoms with Crippen LogP contribution in [0.2, 0.25) is 0 Å². The molecule has 0 aliphatic heterocycles. The molecule has 1 heterocycles. The van der Waals surface area contributed by atoms with Gasteiger partial charge in [-0.25, -0.2) is 9.59 Å². The van der Waals surface area contributed by atoms with Gasteiger partial charge in [-0.1, -0.05) is 18.7 Å². The average Bonchev–Trinajstić information content (AvgIpc) is 3.52. The van der Waals surface area contributed by atoms with Crippen LogP contribution in [0.15, 0.2) is 23.4 Å². The Morgan fingerprint density at radius 2 is 1.73 bits per heavy atom. The largest absolute Gasteiger partial charge is 0.465 e. The zero-order valence-electron chi connectivity index (χ0n) is 17.1. The van der Waals surface area contributed by atoms with E-state index in [0.717, 1.165) is 31.6 Å². The molecule has 0 atom stereocenters. The van der Waals surface area contributed by atoms with Crippen LogP contribution >= 0.6 is 11.8 Å². The molecule has 1 aliphatic rings. The number of hydrogen-bond acceptors (Lipinski definition) is 8. The number of carbonyl (C=O) groups excluding carboxylic acids is 3. The Kier molecular flexibility index (Phi) is 7.09. The number of aromatic nitrogens is 3. The molecule has 1 amide bonds. The van der Waals surface area contributed by atoms with Crippen molar-refractivity contribution in [2.45, 2.75) is 43.8 Å². The normalized spacial score (nSPS) is 13.0. The molecule has 1 aliphatic carbocycles. The van der Waals surface area contributed by atoms with Crippen molar-refractivity contribution in [1.82, 2.24) is 14.8 Å². The van der Waals surface area contributed by atoms with E-state index in [-0.39, 0.29) is 22.8 Å². The highest BCUT2D eigenvalue weighted by Crippen LogP contribution is 2.40. The first kappa shape index (κ1) is 21.8. The van der Waals surface area contributed by atoms with Crippen LogP contribution in [0.1, 0.15) is 58.6 Å². The summed E-state index contributed by atoms with van der Waals surface area (Å²) in [5.41, 5.74) is 0.581. The maximum absolute atomic E-state index is 12.5. The van der Waals surface area contributed by atoms with E-state index in [1.54, 1.807) is 0 Å². The first-order chi connectivity index (χ1) is 14.5. The molecule has 160 valence electrons. The predicted molar refractivity (Wildman–Crippen MR) is 111 cm³/mol. The van der Waals surface area contributed by atoms with Gasteiger partial charge in [-0.05, 0) is 37.5 Å². The molecule has 0 unspecified atom stereocenters. The summed E-state index contributed by atoms with van der Waals surface area (Å²) in [6.07, 6.45) is 3.21. The van der Waals surface area contributed by atoms with Crippen LogP contribution in [0.5, 0.6) is 0 Å². The van der Waals surface area contributed by atoms with Crippen molar-refractivity contribution >= 4 is 35.3 Å². The topological polar surface area (TPSA) is 112 Å². The predicted octanol–water partition coefficient (Wildman–Crippen LogP) is 2.87. The zero-order valence-corrected chi connectivity index (χ0v) is 18.0. The van der Waals surface area contributed by atoms with E-state index in [0.29, 0.717) is 16.8 Å². The van der Waals surface area contributed by atoms with Crippen LogP contribution in [0.25, 0.3) is 0 Å². The summed E-state index contributed by atoms with van der Waals surface area (Å²) in [7, 11) is 2.48. The molecule has 0 bridgehead atoms. The van der Waals surface area contributed by atoms with Crippen LogP contribution in [0, 0.1) is 0 Å². The minimum absolute atomic E-state index is 0.114. The maximum Gasteiger partial charge on any atom is 0.337 e. The Hall–Kier alpha value is -2.88. The molecule has 2 aromatic rings. The van der Waals surface area contributed by atoms with Crippen molar-refractivity contribution in [2.24, 2.45) is 0 Å². The number of nitrogens with zero attached hydrogens (tertiary/aromatic N) is 3. The molecular formula is C20H24N4O5S. The van der Waals surface area contributed by atoms with Gasteiger partial charge in [-0.15, -0.1) is 10.2 Å². The van der Waals surface area contributed by atoms with E-state index in [1.165, 1.54) is 44.2 Å². The molecule has 9 nitrogen and oxygen atoms in total. The van der Waals surface area contributed by atoms with Gasteiger partial charge in [0.15, 0.2) is 5.16 Å².